The van der Waals surface area contributed by atoms with Gasteiger partial charge in [0.15, 0.2) is 0 Å². The van der Waals surface area contributed by atoms with E-state index in [-0.39, 0.29) is 24.5 Å². The zero-order valence-corrected chi connectivity index (χ0v) is 20.2. The van der Waals surface area contributed by atoms with Gasteiger partial charge < -0.3 is 20.2 Å². The number of imidazole rings is 1. The highest BCUT2D eigenvalue weighted by molar-refractivity contribution is 6.06. The molecule has 2 aromatic carbocycles. The Bertz CT molecular complexity index is 1410. The van der Waals surface area contributed by atoms with E-state index < -0.39 is 0 Å². The van der Waals surface area contributed by atoms with E-state index in [1.54, 1.807) is 12.1 Å². The highest BCUT2D eigenvalue weighted by Crippen LogP contribution is 2.24. The number of benzene rings is 2. The van der Waals surface area contributed by atoms with Gasteiger partial charge in [-0.3, -0.25) is 14.5 Å². The maximum absolute atomic E-state index is 13.1. The summed E-state index contributed by atoms with van der Waals surface area (Å²) in [5.41, 5.74) is 10.4. The van der Waals surface area contributed by atoms with Crippen LogP contribution in [0.4, 0.5) is 5.69 Å². The summed E-state index contributed by atoms with van der Waals surface area (Å²) in [5, 5.41) is 2.98. The first-order chi connectivity index (χ1) is 17.5. The number of ether oxygens (including phenoxy) is 1. The number of amides is 2. The van der Waals surface area contributed by atoms with Crippen LogP contribution in [-0.4, -0.2) is 38.7 Å². The van der Waals surface area contributed by atoms with E-state index in [0.717, 1.165) is 41.9 Å². The Morgan fingerprint density at radius 2 is 2.00 bits per heavy atom. The molecule has 0 spiro atoms. The van der Waals surface area contributed by atoms with Crippen molar-refractivity contribution in [3.05, 3.63) is 95.4 Å². The van der Waals surface area contributed by atoms with E-state index in [0.29, 0.717) is 23.5 Å². The molecule has 0 aliphatic carbocycles. The lowest BCUT2D eigenvalue weighted by molar-refractivity contribution is -0.122. The summed E-state index contributed by atoms with van der Waals surface area (Å²) in [6.07, 6.45) is 5.62. The lowest BCUT2D eigenvalue weighted by Crippen LogP contribution is -2.39. The van der Waals surface area contributed by atoms with E-state index in [1.807, 2.05) is 72.2 Å². The predicted molar refractivity (Wildman–Crippen MR) is 138 cm³/mol. The van der Waals surface area contributed by atoms with Gasteiger partial charge in [-0.05, 0) is 67.8 Å². The van der Waals surface area contributed by atoms with Gasteiger partial charge in [0.25, 0.3) is 5.91 Å². The number of likely N-dealkylation sites (tertiary alicyclic amines) is 1. The fraction of sp³-hybridized carbons (Fsp3) is 0.250. The van der Waals surface area contributed by atoms with Gasteiger partial charge in [-0.1, -0.05) is 30.3 Å². The maximum Gasteiger partial charge on any atom is 0.259 e. The molecule has 4 aromatic rings. The smallest absolute Gasteiger partial charge is 0.259 e. The first-order valence-electron chi connectivity index (χ1n) is 12.1. The highest BCUT2D eigenvalue weighted by Gasteiger charge is 2.28. The minimum Gasteiger partial charge on any atom is -0.486 e. The van der Waals surface area contributed by atoms with Gasteiger partial charge >= 0.3 is 0 Å². The van der Waals surface area contributed by atoms with Crippen LogP contribution >= 0.6 is 0 Å². The van der Waals surface area contributed by atoms with Crippen LogP contribution in [0.25, 0.3) is 5.65 Å². The van der Waals surface area contributed by atoms with Crippen molar-refractivity contribution >= 4 is 23.1 Å². The number of para-hydroxylation sites is 1. The minimum absolute atomic E-state index is 0.232. The topological polar surface area (TPSA) is 102 Å². The third-order valence-corrected chi connectivity index (χ3v) is 6.50. The number of aromatic nitrogens is 2. The lowest BCUT2D eigenvalue weighted by atomic mass is 10.1. The van der Waals surface area contributed by atoms with E-state index in [1.165, 1.54) is 0 Å². The largest absolute Gasteiger partial charge is 0.486 e. The summed E-state index contributed by atoms with van der Waals surface area (Å²) in [6.45, 7) is 3.71. The van der Waals surface area contributed by atoms with Crippen LogP contribution in [0.2, 0.25) is 0 Å². The molecule has 0 radical (unpaired) electrons. The number of fused-ring (bicyclic) bond motifs is 1. The summed E-state index contributed by atoms with van der Waals surface area (Å²) >= 11 is 0. The van der Waals surface area contributed by atoms with Crippen LogP contribution in [-0.2, 0) is 17.9 Å². The number of primary amides is 1. The van der Waals surface area contributed by atoms with Gasteiger partial charge in [0, 0.05) is 24.6 Å². The average Bonchev–Trinajstić information content (AvgIpc) is 3.51. The van der Waals surface area contributed by atoms with Crippen molar-refractivity contribution in [2.45, 2.75) is 39.0 Å². The van der Waals surface area contributed by atoms with Crippen LogP contribution in [0.3, 0.4) is 0 Å². The van der Waals surface area contributed by atoms with Crippen molar-refractivity contribution < 1.29 is 14.3 Å². The first kappa shape index (κ1) is 23.6. The van der Waals surface area contributed by atoms with Crippen molar-refractivity contribution in [1.82, 2.24) is 14.3 Å². The average molecular weight is 484 g/mol. The summed E-state index contributed by atoms with van der Waals surface area (Å²) in [5.74, 6) is -0.0570. The number of nitrogens with two attached hydrogens (primary N) is 1. The Balaban J connectivity index is 1.27. The summed E-state index contributed by atoms with van der Waals surface area (Å²) in [4.78, 5) is 31.6. The summed E-state index contributed by atoms with van der Waals surface area (Å²) in [6, 6.07) is 18.6. The number of carbonyl (C=O) groups is 2. The number of rotatable bonds is 8. The first-order valence-corrected chi connectivity index (χ1v) is 12.1. The zero-order valence-electron chi connectivity index (χ0n) is 20.2. The van der Waals surface area contributed by atoms with Crippen LogP contribution in [0, 0.1) is 6.92 Å². The number of hydrogen-bond donors (Lipinski definition) is 2. The Morgan fingerprint density at radius 1 is 1.14 bits per heavy atom. The van der Waals surface area contributed by atoms with Crippen molar-refractivity contribution in [1.29, 1.82) is 0 Å². The fourth-order valence-electron chi connectivity index (χ4n) is 4.72. The van der Waals surface area contributed by atoms with Crippen molar-refractivity contribution in [2.75, 3.05) is 11.9 Å². The predicted octanol–water partition coefficient (Wildman–Crippen LogP) is 3.92. The Labute approximate surface area is 209 Å². The highest BCUT2D eigenvalue weighted by atomic mass is 16.5. The molecule has 2 amide bonds. The van der Waals surface area contributed by atoms with Crippen LogP contribution in [0.1, 0.15) is 40.0 Å². The molecule has 8 nitrogen and oxygen atoms in total. The molecule has 1 aliphatic rings. The molecule has 1 aliphatic heterocycles. The number of carbonyl (C=O) groups excluding carboxylic acids is 2. The molecule has 0 saturated carbocycles. The van der Waals surface area contributed by atoms with E-state index in [9.17, 15) is 9.59 Å². The number of nitrogens with one attached hydrogen (secondary N) is 1. The molecule has 184 valence electrons. The van der Waals surface area contributed by atoms with Crippen LogP contribution < -0.4 is 15.8 Å². The SMILES string of the molecule is Cc1cccn2cc(COc3ccccc3C(=O)Nc3cccc(CN4CCCC4C(N)=O)c3)nc12. The van der Waals surface area contributed by atoms with Crippen LogP contribution in [0.5, 0.6) is 5.75 Å². The second-order valence-corrected chi connectivity index (χ2v) is 9.12. The molecule has 8 heteroatoms. The number of aryl methyl sites for hydroxylation is 1. The molecule has 1 fully saturated rings. The van der Waals surface area contributed by atoms with Gasteiger partial charge in [0.1, 0.15) is 18.0 Å². The molecule has 3 heterocycles. The van der Waals surface area contributed by atoms with Crippen LogP contribution in [0.15, 0.2) is 73.1 Å². The molecule has 0 bridgehead atoms. The minimum atomic E-state index is -0.285. The van der Waals surface area contributed by atoms with Crippen molar-refractivity contribution in [2.24, 2.45) is 5.73 Å². The van der Waals surface area contributed by atoms with Gasteiger partial charge in [-0.2, -0.15) is 0 Å². The Kier molecular flexibility index (Phi) is 6.69. The second-order valence-electron chi connectivity index (χ2n) is 9.12. The molecule has 36 heavy (non-hydrogen) atoms. The summed E-state index contributed by atoms with van der Waals surface area (Å²) in [7, 11) is 0. The summed E-state index contributed by atoms with van der Waals surface area (Å²) < 4.78 is 7.98. The van der Waals surface area contributed by atoms with E-state index >= 15 is 0 Å². The van der Waals surface area contributed by atoms with Gasteiger partial charge in [-0.15, -0.1) is 0 Å². The van der Waals surface area contributed by atoms with Crippen molar-refractivity contribution in [3.63, 3.8) is 0 Å². The third kappa shape index (κ3) is 5.08. The van der Waals surface area contributed by atoms with Gasteiger partial charge in [0.05, 0.1) is 17.3 Å². The van der Waals surface area contributed by atoms with Gasteiger partial charge in [-0.25, -0.2) is 4.98 Å². The second kappa shape index (κ2) is 10.2. The number of nitrogens with zero attached hydrogens (tertiary/aromatic N) is 3. The lowest BCUT2D eigenvalue weighted by Gasteiger charge is -2.22. The number of anilines is 1. The maximum atomic E-state index is 13.1. The third-order valence-electron chi connectivity index (χ3n) is 6.50. The molecule has 5 rings (SSSR count). The van der Waals surface area contributed by atoms with Crippen molar-refractivity contribution in [3.8, 4) is 5.75 Å². The molecular weight excluding hydrogens is 454 g/mol. The fourth-order valence-corrected chi connectivity index (χ4v) is 4.72. The van der Waals surface area contributed by atoms with Gasteiger partial charge in [0.2, 0.25) is 5.91 Å². The molecule has 2 aromatic heterocycles. The van der Waals surface area contributed by atoms with E-state index in [2.05, 4.69) is 15.2 Å². The zero-order chi connectivity index (χ0) is 25.1. The number of pyridine rings is 1. The molecule has 3 N–H and O–H groups in total. The molecular formula is C28H29N5O3. The normalized spacial score (nSPS) is 15.8. The number of hydrogen-bond acceptors (Lipinski definition) is 5. The Hall–Kier alpha value is -4.17. The Morgan fingerprint density at radius 3 is 2.83 bits per heavy atom. The molecule has 1 unspecified atom stereocenters. The monoisotopic (exact) mass is 483 g/mol. The van der Waals surface area contributed by atoms with E-state index in [4.69, 9.17) is 10.5 Å². The molecule has 1 saturated heterocycles. The molecule has 1 atom stereocenters. The quantitative estimate of drug-likeness (QED) is 0.396. The standard InChI is InChI=1S/C28H29N5O3/c1-19-7-5-14-33-17-22(30-27(19)33)18-36-25-12-3-2-10-23(25)28(35)31-21-9-4-8-20(15-21)16-32-13-6-11-24(32)26(29)34/h2-5,7-10,12,14-15,17,24H,6,11,13,16,18H2,1H3,(H2,29,34)(H,31,35).